The highest BCUT2D eigenvalue weighted by atomic mass is 32.2. The van der Waals surface area contributed by atoms with Crippen LogP contribution in [0.25, 0.3) is 22.2 Å². The summed E-state index contributed by atoms with van der Waals surface area (Å²) in [4.78, 5) is 21.3. The molecule has 0 saturated carbocycles. The molecular weight excluding hydrogens is 426 g/mol. The van der Waals surface area contributed by atoms with Crippen LogP contribution in [0, 0.1) is 11.6 Å². The van der Waals surface area contributed by atoms with Gasteiger partial charge in [-0.1, -0.05) is 6.07 Å². The number of halogens is 2. The van der Waals surface area contributed by atoms with Crippen molar-refractivity contribution in [3.8, 4) is 11.1 Å². The fourth-order valence-corrected chi connectivity index (χ4v) is 3.70. The summed E-state index contributed by atoms with van der Waals surface area (Å²) in [5, 5.41) is 0.582. The predicted octanol–water partition coefficient (Wildman–Crippen LogP) is 3.83. The van der Waals surface area contributed by atoms with Crippen LogP contribution < -0.4 is 4.72 Å². The molecule has 0 bridgehead atoms. The lowest BCUT2D eigenvalue weighted by Gasteiger charge is -2.11. The highest BCUT2D eigenvalue weighted by Gasteiger charge is 2.25. The number of carbonyl (C=O) groups is 1. The van der Waals surface area contributed by atoms with Crippen LogP contribution in [-0.2, 0) is 10.0 Å². The molecule has 0 fully saturated rings. The van der Waals surface area contributed by atoms with Gasteiger partial charge >= 0.3 is 0 Å². The Labute approximate surface area is 176 Å². The molecule has 4 aromatic rings. The number of benzene rings is 1. The Morgan fingerprint density at radius 2 is 1.94 bits per heavy atom. The normalized spacial score (nSPS) is 11.6. The first-order valence-corrected chi connectivity index (χ1v) is 10.9. The first kappa shape index (κ1) is 20.6. The molecule has 31 heavy (non-hydrogen) atoms. The quantitative estimate of drug-likeness (QED) is 0.507. The molecule has 1 N–H and O–H groups in total. The van der Waals surface area contributed by atoms with Crippen molar-refractivity contribution >= 4 is 32.7 Å². The number of nitrogens with zero attached hydrogens (tertiary/aromatic N) is 3. The van der Waals surface area contributed by atoms with Gasteiger partial charge in [0.25, 0.3) is 5.91 Å². The van der Waals surface area contributed by atoms with Gasteiger partial charge in [0.1, 0.15) is 17.0 Å². The van der Waals surface area contributed by atoms with Crippen molar-refractivity contribution in [2.24, 2.45) is 0 Å². The van der Waals surface area contributed by atoms with E-state index in [4.69, 9.17) is 0 Å². The summed E-state index contributed by atoms with van der Waals surface area (Å²) in [6.45, 7) is 1.37. The summed E-state index contributed by atoms with van der Waals surface area (Å²) >= 11 is 0. The van der Waals surface area contributed by atoms with Crippen LogP contribution in [0.1, 0.15) is 17.3 Å². The van der Waals surface area contributed by atoms with E-state index in [0.717, 1.165) is 27.8 Å². The number of fused-ring (bicyclic) bond motifs is 1. The zero-order valence-corrected chi connectivity index (χ0v) is 17.0. The van der Waals surface area contributed by atoms with Crippen LogP contribution in [0.2, 0.25) is 0 Å². The first-order chi connectivity index (χ1) is 14.8. The Morgan fingerprint density at radius 3 is 2.65 bits per heavy atom. The van der Waals surface area contributed by atoms with Gasteiger partial charge in [-0.2, -0.15) is 0 Å². The summed E-state index contributed by atoms with van der Waals surface area (Å²) in [6.07, 6.45) is 6.19. The third-order valence-electron chi connectivity index (χ3n) is 4.69. The lowest BCUT2D eigenvalue weighted by molar-refractivity contribution is 0.0956. The highest BCUT2D eigenvalue weighted by molar-refractivity contribution is 7.92. The molecule has 0 radical (unpaired) electrons. The third kappa shape index (κ3) is 3.89. The number of pyridine rings is 2. The van der Waals surface area contributed by atoms with Crippen LogP contribution in [0.3, 0.4) is 0 Å². The molecule has 0 saturated heterocycles. The van der Waals surface area contributed by atoms with Crippen molar-refractivity contribution in [1.29, 1.82) is 0 Å². The zero-order chi connectivity index (χ0) is 22.2. The molecular formula is C21H16F2N4O3S. The average molecular weight is 442 g/mol. The van der Waals surface area contributed by atoms with Crippen molar-refractivity contribution < 1.29 is 22.0 Å². The Kier molecular flexibility index (Phi) is 5.24. The van der Waals surface area contributed by atoms with Crippen LogP contribution in [0.15, 0.2) is 61.2 Å². The van der Waals surface area contributed by atoms with Crippen LogP contribution in [0.5, 0.6) is 0 Å². The lowest BCUT2D eigenvalue weighted by Crippen LogP contribution is -2.19. The van der Waals surface area contributed by atoms with E-state index in [1.54, 1.807) is 30.6 Å². The second-order valence-corrected chi connectivity index (χ2v) is 8.67. The third-order valence-corrected chi connectivity index (χ3v) is 5.98. The van der Waals surface area contributed by atoms with E-state index < -0.39 is 38.8 Å². The summed E-state index contributed by atoms with van der Waals surface area (Å²) in [5.74, 6) is -3.73. The molecule has 7 nitrogen and oxygen atoms in total. The monoisotopic (exact) mass is 442 g/mol. The molecule has 3 heterocycles. The van der Waals surface area contributed by atoms with E-state index in [0.29, 0.717) is 5.39 Å². The van der Waals surface area contributed by atoms with Gasteiger partial charge in [-0.3, -0.25) is 19.1 Å². The minimum absolute atomic E-state index is 0.205. The number of hydrogen-bond donors (Lipinski definition) is 1. The van der Waals surface area contributed by atoms with Crippen LogP contribution in [-0.4, -0.2) is 34.6 Å². The minimum Gasteiger partial charge on any atom is -0.281 e. The van der Waals surface area contributed by atoms with Crippen molar-refractivity contribution in [3.63, 3.8) is 0 Å². The zero-order valence-electron chi connectivity index (χ0n) is 16.2. The highest BCUT2D eigenvalue weighted by Crippen LogP contribution is 2.26. The van der Waals surface area contributed by atoms with Crippen molar-refractivity contribution in [2.45, 2.75) is 6.92 Å². The number of rotatable bonds is 5. The first-order valence-electron chi connectivity index (χ1n) is 9.21. The second-order valence-electron chi connectivity index (χ2n) is 6.66. The van der Waals surface area contributed by atoms with Crippen molar-refractivity contribution in [3.05, 3.63) is 78.4 Å². The van der Waals surface area contributed by atoms with Gasteiger partial charge in [0, 0.05) is 41.3 Å². The maximum absolute atomic E-state index is 14.9. The SMILES string of the molecule is CCS(=O)(=O)Nc1ccc(F)c(C(=O)n2ccc3cc(-c4cccnc4)cnc32)c1F. The van der Waals surface area contributed by atoms with E-state index in [1.807, 2.05) is 10.8 Å². The van der Waals surface area contributed by atoms with Crippen molar-refractivity contribution in [2.75, 3.05) is 10.5 Å². The van der Waals surface area contributed by atoms with E-state index in [9.17, 15) is 22.0 Å². The molecule has 1 aromatic carbocycles. The maximum Gasteiger partial charge on any atom is 0.269 e. The van der Waals surface area contributed by atoms with Gasteiger partial charge in [0.05, 0.1) is 11.4 Å². The van der Waals surface area contributed by atoms with Crippen LogP contribution in [0.4, 0.5) is 14.5 Å². The summed E-state index contributed by atoms with van der Waals surface area (Å²) in [5.41, 5.74) is 0.404. The van der Waals surface area contributed by atoms with E-state index in [2.05, 4.69) is 9.97 Å². The smallest absolute Gasteiger partial charge is 0.269 e. The number of sulfonamides is 1. The molecule has 0 aliphatic carbocycles. The fourth-order valence-electron chi connectivity index (χ4n) is 3.07. The molecule has 3 aromatic heterocycles. The molecule has 0 aliphatic heterocycles. The summed E-state index contributed by atoms with van der Waals surface area (Å²) < 4.78 is 55.9. The summed E-state index contributed by atoms with van der Waals surface area (Å²) in [6, 6.07) is 8.77. The fraction of sp³-hybridized carbons (Fsp3) is 0.0952. The Hall–Kier alpha value is -3.66. The van der Waals surface area contributed by atoms with Gasteiger partial charge in [-0.05, 0) is 37.3 Å². The van der Waals surface area contributed by atoms with Gasteiger partial charge < -0.3 is 0 Å². The molecule has 0 aliphatic rings. The standard InChI is InChI=1S/C21H16F2N4O3S/c1-2-31(29,30)26-17-6-5-16(22)18(19(17)23)21(28)27-9-7-13-10-15(12-25-20(13)27)14-4-3-8-24-11-14/h3-12,26H,2H2,1H3. The number of aromatic nitrogens is 3. The molecule has 158 valence electrons. The number of carbonyl (C=O) groups excluding carboxylic acids is 1. The van der Waals surface area contributed by atoms with Gasteiger partial charge in [0.15, 0.2) is 5.82 Å². The van der Waals surface area contributed by atoms with Gasteiger partial charge in [-0.25, -0.2) is 22.2 Å². The largest absolute Gasteiger partial charge is 0.281 e. The molecule has 0 unspecified atom stereocenters. The topological polar surface area (TPSA) is 94.0 Å². The number of nitrogens with one attached hydrogen (secondary N) is 1. The molecule has 0 spiro atoms. The van der Waals surface area contributed by atoms with Crippen LogP contribution >= 0.6 is 0 Å². The maximum atomic E-state index is 14.9. The molecule has 10 heteroatoms. The van der Waals surface area contributed by atoms with E-state index in [-0.39, 0.29) is 11.4 Å². The molecule has 0 amide bonds. The average Bonchev–Trinajstić information content (AvgIpc) is 3.19. The Balaban J connectivity index is 1.76. The van der Waals surface area contributed by atoms with Gasteiger partial charge in [-0.15, -0.1) is 0 Å². The van der Waals surface area contributed by atoms with Crippen molar-refractivity contribution in [1.82, 2.24) is 14.5 Å². The Bertz CT molecular complexity index is 1400. The lowest BCUT2D eigenvalue weighted by atomic mass is 10.1. The minimum atomic E-state index is -3.82. The summed E-state index contributed by atoms with van der Waals surface area (Å²) in [7, 11) is -3.82. The van der Waals surface area contributed by atoms with E-state index in [1.165, 1.54) is 19.3 Å². The number of hydrogen-bond acceptors (Lipinski definition) is 5. The predicted molar refractivity (Wildman–Crippen MR) is 112 cm³/mol. The Morgan fingerprint density at radius 1 is 1.13 bits per heavy atom. The van der Waals surface area contributed by atoms with Gasteiger partial charge in [0.2, 0.25) is 10.0 Å². The number of anilines is 1. The molecule has 0 atom stereocenters. The molecule has 4 rings (SSSR count). The second kappa shape index (κ2) is 7.88. The van der Waals surface area contributed by atoms with E-state index >= 15 is 0 Å².